The van der Waals surface area contributed by atoms with Gasteiger partial charge in [-0.3, -0.25) is 20.2 Å². The number of nitrogens with zero attached hydrogens (tertiary/aromatic N) is 2. The minimum absolute atomic E-state index is 0.162. The van der Waals surface area contributed by atoms with Crippen LogP contribution in [0.5, 0.6) is 0 Å². The van der Waals surface area contributed by atoms with E-state index >= 15 is 0 Å². The van der Waals surface area contributed by atoms with Gasteiger partial charge in [0.25, 0.3) is 0 Å². The molecule has 0 radical (unpaired) electrons. The van der Waals surface area contributed by atoms with Crippen molar-refractivity contribution in [1.29, 1.82) is 0 Å². The van der Waals surface area contributed by atoms with Crippen molar-refractivity contribution in [2.75, 3.05) is 17.2 Å². The topological polar surface area (TPSA) is 164 Å². The highest BCUT2D eigenvalue weighted by atomic mass is 16.6. The molecule has 1 aromatic rings. The van der Waals surface area contributed by atoms with Gasteiger partial charge in [-0.2, -0.15) is 0 Å². The zero-order chi connectivity index (χ0) is 11.7. The van der Waals surface area contributed by atoms with Gasteiger partial charge >= 0.3 is 11.4 Å². The lowest BCUT2D eigenvalue weighted by atomic mass is 10.2. The number of hydrogen-bond donors (Lipinski definition) is 3. The van der Waals surface area contributed by atoms with Crippen LogP contribution in [0.1, 0.15) is 0 Å². The molecule has 0 aliphatic heterocycles. The molecule has 0 aromatic heterocycles. The van der Waals surface area contributed by atoms with Crippen LogP contribution < -0.4 is 17.2 Å². The second-order valence-electron chi connectivity index (χ2n) is 2.68. The molecule has 0 atom stereocenters. The molecule has 15 heavy (non-hydrogen) atoms. The molecule has 0 saturated carbocycles. The molecule has 0 spiro atoms. The Labute approximate surface area is 82.8 Å². The first kappa shape index (κ1) is 10.5. The van der Waals surface area contributed by atoms with Crippen LogP contribution in [0.4, 0.5) is 28.4 Å². The van der Waals surface area contributed by atoms with Crippen LogP contribution in [-0.4, -0.2) is 9.85 Å². The number of benzene rings is 1. The third-order valence-electron chi connectivity index (χ3n) is 1.77. The number of rotatable bonds is 2. The maximum atomic E-state index is 10.5. The van der Waals surface area contributed by atoms with E-state index in [1.807, 2.05) is 0 Å². The van der Waals surface area contributed by atoms with E-state index in [0.29, 0.717) is 0 Å². The highest BCUT2D eigenvalue weighted by Crippen LogP contribution is 2.40. The maximum Gasteiger partial charge on any atom is 0.370 e. The summed E-state index contributed by atoms with van der Waals surface area (Å²) in [6, 6.07) is 0.809. The smallest absolute Gasteiger partial charge is 0.370 e. The summed E-state index contributed by atoms with van der Waals surface area (Å²) in [5, 5.41) is 21.0. The molecule has 80 valence electrons. The molecule has 9 nitrogen and oxygen atoms in total. The Hall–Kier alpha value is -2.58. The summed E-state index contributed by atoms with van der Waals surface area (Å²) in [7, 11) is 0. The lowest BCUT2D eigenvalue weighted by molar-refractivity contribution is -0.421. The maximum absolute atomic E-state index is 10.5. The van der Waals surface area contributed by atoms with Crippen molar-refractivity contribution in [3.05, 3.63) is 26.3 Å². The number of nitro benzene ring substituents is 2. The zero-order valence-corrected chi connectivity index (χ0v) is 7.34. The van der Waals surface area contributed by atoms with Crippen LogP contribution in [0.15, 0.2) is 6.07 Å². The first-order chi connectivity index (χ1) is 6.86. The summed E-state index contributed by atoms with van der Waals surface area (Å²) in [6.07, 6.45) is 0. The number of nitrogens with two attached hydrogens (primary N) is 3. The SMILES string of the molecule is Nc1cc([N+](=O)[O-])c([N+](=O)[O-])c(N)c1N. The molecule has 0 unspecified atom stereocenters. The first-order valence-corrected chi connectivity index (χ1v) is 3.62. The number of anilines is 3. The van der Waals surface area contributed by atoms with Crippen molar-refractivity contribution in [3.8, 4) is 0 Å². The molecule has 1 rings (SSSR count). The average molecular weight is 213 g/mol. The minimum atomic E-state index is -0.969. The van der Waals surface area contributed by atoms with Crippen molar-refractivity contribution < 1.29 is 9.85 Å². The Balaban J connectivity index is 3.65. The van der Waals surface area contributed by atoms with Gasteiger partial charge in [0.05, 0.1) is 21.2 Å². The summed E-state index contributed by atoms with van der Waals surface area (Å²) in [5.41, 5.74) is 13.4. The predicted octanol–water partition coefficient (Wildman–Crippen LogP) is 0.250. The highest BCUT2D eigenvalue weighted by molar-refractivity contribution is 5.89. The summed E-state index contributed by atoms with van der Waals surface area (Å²) < 4.78 is 0. The fourth-order valence-electron chi connectivity index (χ4n) is 1.05. The van der Waals surface area contributed by atoms with E-state index in [4.69, 9.17) is 17.2 Å². The van der Waals surface area contributed by atoms with E-state index in [9.17, 15) is 20.2 Å². The van der Waals surface area contributed by atoms with Gasteiger partial charge in [-0.15, -0.1) is 0 Å². The van der Waals surface area contributed by atoms with Crippen LogP contribution in [-0.2, 0) is 0 Å². The molecule has 0 aliphatic rings. The van der Waals surface area contributed by atoms with Crippen LogP contribution in [0.2, 0.25) is 0 Å². The zero-order valence-electron chi connectivity index (χ0n) is 7.34. The summed E-state index contributed by atoms with van der Waals surface area (Å²) in [5.74, 6) is 0. The van der Waals surface area contributed by atoms with E-state index in [0.717, 1.165) is 6.07 Å². The quantitative estimate of drug-likeness (QED) is 0.359. The summed E-state index contributed by atoms with van der Waals surface area (Å²) >= 11 is 0. The standard InChI is InChI=1S/C6H7N5O4/c7-2-1-3(10(12)13)6(11(14)15)5(9)4(2)8/h1H,7-9H2. The van der Waals surface area contributed by atoms with Gasteiger partial charge in [-0.05, 0) is 0 Å². The van der Waals surface area contributed by atoms with Crippen molar-refractivity contribution >= 4 is 28.4 Å². The molecule has 0 bridgehead atoms. The second kappa shape index (κ2) is 3.29. The summed E-state index contributed by atoms with van der Waals surface area (Å²) in [4.78, 5) is 19.1. The van der Waals surface area contributed by atoms with E-state index in [1.54, 1.807) is 0 Å². The Bertz CT molecular complexity index is 457. The third kappa shape index (κ3) is 1.57. The van der Waals surface area contributed by atoms with Gasteiger partial charge in [0, 0.05) is 6.07 Å². The van der Waals surface area contributed by atoms with Crippen molar-refractivity contribution in [2.24, 2.45) is 0 Å². The van der Waals surface area contributed by atoms with E-state index in [1.165, 1.54) is 0 Å². The van der Waals surface area contributed by atoms with Gasteiger partial charge in [0.1, 0.15) is 5.69 Å². The predicted molar refractivity (Wildman–Crippen MR) is 53.0 cm³/mol. The van der Waals surface area contributed by atoms with Crippen LogP contribution in [0, 0.1) is 20.2 Å². The van der Waals surface area contributed by atoms with Gasteiger partial charge in [-0.25, -0.2) is 0 Å². The minimum Gasteiger partial charge on any atom is -0.397 e. The van der Waals surface area contributed by atoms with Gasteiger partial charge in [0.2, 0.25) is 0 Å². The van der Waals surface area contributed by atoms with Crippen molar-refractivity contribution in [2.45, 2.75) is 0 Å². The van der Waals surface area contributed by atoms with Gasteiger partial charge in [0.15, 0.2) is 0 Å². The van der Waals surface area contributed by atoms with Crippen LogP contribution in [0.3, 0.4) is 0 Å². The first-order valence-electron chi connectivity index (χ1n) is 3.62. The number of nitro groups is 2. The summed E-state index contributed by atoms with van der Waals surface area (Å²) in [6.45, 7) is 0. The Kier molecular flexibility index (Phi) is 2.30. The third-order valence-corrected chi connectivity index (χ3v) is 1.77. The Morgan fingerprint density at radius 1 is 1.00 bits per heavy atom. The Morgan fingerprint density at radius 3 is 1.93 bits per heavy atom. The second-order valence-corrected chi connectivity index (χ2v) is 2.68. The molecule has 0 aliphatic carbocycles. The van der Waals surface area contributed by atoms with Gasteiger partial charge in [-0.1, -0.05) is 0 Å². The number of hydrogen-bond acceptors (Lipinski definition) is 7. The highest BCUT2D eigenvalue weighted by Gasteiger charge is 2.30. The van der Waals surface area contributed by atoms with E-state index < -0.39 is 26.9 Å². The molecular weight excluding hydrogens is 206 g/mol. The molecule has 9 heteroatoms. The van der Waals surface area contributed by atoms with Gasteiger partial charge < -0.3 is 17.2 Å². The fraction of sp³-hybridized carbons (Fsp3) is 0. The van der Waals surface area contributed by atoms with Crippen LogP contribution in [0.25, 0.3) is 0 Å². The van der Waals surface area contributed by atoms with Crippen molar-refractivity contribution in [3.63, 3.8) is 0 Å². The fourth-order valence-corrected chi connectivity index (χ4v) is 1.05. The average Bonchev–Trinajstić information content (AvgIpc) is 2.12. The largest absolute Gasteiger partial charge is 0.397 e. The number of nitrogen functional groups attached to an aromatic ring is 3. The van der Waals surface area contributed by atoms with Crippen molar-refractivity contribution in [1.82, 2.24) is 0 Å². The van der Waals surface area contributed by atoms with E-state index in [2.05, 4.69) is 0 Å². The monoisotopic (exact) mass is 213 g/mol. The Morgan fingerprint density at radius 2 is 1.53 bits per heavy atom. The lowest BCUT2D eigenvalue weighted by Gasteiger charge is -2.04. The molecule has 1 aromatic carbocycles. The molecule has 0 amide bonds. The molecule has 6 N–H and O–H groups in total. The lowest BCUT2D eigenvalue weighted by Crippen LogP contribution is -2.06. The molecule has 0 fully saturated rings. The normalized spacial score (nSPS) is 9.87. The molecular formula is C6H7N5O4. The van der Waals surface area contributed by atoms with Crippen LogP contribution >= 0.6 is 0 Å². The molecule has 0 heterocycles. The molecule has 0 saturated heterocycles. The van der Waals surface area contributed by atoms with E-state index in [-0.39, 0.29) is 11.4 Å².